The average molecular weight is 535 g/mol. The molecule has 0 bridgehead atoms. The Balaban J connectivity index is 1.19. The summed E-state index contributed by atoms with van der Waals surface area (Å²) in [6.07, 6.45) is 3.80. The number of aliphatic hydroxyl groups is 4. The van der Waals surface area contributed by atoms with Gasteiger partial charge in [-0.15, -0.1) is 0 Å². The lowest BCUT2D eigenvalue weighted by molar-refractivity contribution is -0.309. The molecule has 13 atom stereocenters. The van der Waals surface area contributed by atoms with Crippen molar-refractivity contribution in [1.29, 1.82) is 0 Å². The van der Waals surface area contributed by atoms with E-state index in [0.29, 0.717) is 32.3 Å². The maximum absolute atomic E-state index is 12.9. The van der Waals surface area contributed by atoms with Gasteiger partial charge in [0.25, 0.3) is 0 Å². The van der Waals surface area contributed by atoms with Gasteiger partial charge in [0.1, 0.15) is 31.2 Å². The Labute approximate surface area is 223 Å². The van der Waals surface area contributed by atoms with Crippen LogP contribution in [-0.4, -0.2) is 81.7 Å². The topological polar surface area (TPSA) is 143 Å². The number of cyclic esters (lactones) is 1. The minimum atomic E-state index is -1.34. The van der Waals surface area contributed by atoms with E-state index >= 15 is 0 Å². The van der Waals surface area contributed by atoms with Crippen molar-refractivity contribution in [2.75, 3.05) is 6.61 Å². The first-order valence-corrected chi connectivity index (χ1v) is 14.4. The molecule has 6 rings (SSSR count). The molecule has 212 valence electrons. The van der Waals surface area contributed by atoms with Crippen LogP contribution >= 0.6 is 0 Å². The van der Waals surface area contributed by atoms with E-state index in [-0.39, 0.29) is 41.2 Å². The van der Waals surface area contributed by atoms with Crippen LogP contribution in [0.1, 0.15) is 71.6 Å². The van der Waals surface area contributed by atoms with Crippen molar-refractivity contribution in [3.8, 4) is 0 Å². The van der Waals surface area contributed by atoms with E-state index in [1.807, 2.05) is 0 Å². The molecule has 0 aromatic carbocycles. The second-order valence-corrected chi connectivity index (χ2v) is 13.2. The molecular formula is C29H42O9. The maximum atomic E-state index is 12.9. The number of hydrogen-bond acceptors (Lipinski definition) is 9. The van der Waals surface area contributed by atoms with Crippen LogP contribution in [0.5, 0.6) is 0 Å². The molecule has 0 radical (unpaired) electrons. The summed E-state index contributed by atoms with van der Waals surface area (Å²) in [6.45, 7) is 4.13. The molecule has 6 aliphatic rings. The van der Waals surface area contributed by atoms with Crippen molar-refractivity contribution in [3.05, 3.63) is 11.6 Å². The zero-order valence-corrected chi connectivity index (χ0v) is 22.3. The highest BCUT2D eigenvalue weighted by Crippen LogP contribution is 2.69. The highest BCUT2D eigenvalue weighted by Gasteiger charge is 2.68. The van der Waals surface area contributed by atoms with Crippen LogP contribution in [0.15, 0.2) is 11.6 Å². The minimum absolute atomic E-state index is 0.0322. The lowest BCUT2D eigenvalue weighted by Crippen LogP contribution is -2.63. The third kappa shape index (κ3) is 3.72. The molecule has 9 heteroatoms. The first-order chi connectivity index (χ1) is 18.0. The van der Waals surface area contributed by atoms with E-state index in [2.05, 4.69) is 6.92 Å². The molecule has 5 fully saturated rings. The molecule has 0 amide bonds. The van der Waals surface area contributed by atoms with E-state index in [1.165, 1.54) is 6.29 Å². The predicted molar refractivity (Wildman–Crippen MR) is 133 cm³/mol. The first-order valence-electron chi connectivity index (χ1n) is 14.4. The second-order valence-electron chi connectivity index (χ2n) is 13.2. The molecule has 2 aliphatic heterocycles. The van der Waals surface area contributed by atoms with Crippen molar-refractivity contribution >= 4 is 12.3 Å². The van der Waals surface area contributed by atoms with E-state index in [1.54, 1.807) is 13.0 Å². The number of aldehydes is 1. The Kier molecular flexibility index (Phi) is 6.60. The van der Waals surface area contributed by atoms with E-state index in [0.717, 1.165) is 37.7 Å². The van der Waals surface area contributed by atoms with Gasteiger partial charge in [0.2, 0.25) is 0 Å². The number of aliphatic hydroxyl groups excluding tert-OH is 3. The van der Waals surface area contributed by atoms with E-state index in [9.17, 15) is 30.0 Å². The van der Waals surface area contributed by atoms with Gasteiger partial charge < -0.3 is 39.4 Å². The van der Waals surface area contributed by atoms with Gasteiger partial charge in [-0.1, -0.05) is 6.92 Å². The third-order valence-electron chi connectivity index (χ3n) is 11.9. The molecule has 4 N–H and O–H groups in total. The van der Waals surface area contributed by atoms with Gasteiger partial charge in [-0.3, -0.25) is 0 Å². The summed E-state index contributed by atoms with van der Waals surface area (Å²) in [4.78, 5) is 24.7. The number of hydrogen-bond donors (Lipinski definition) is 4. The lowest BCUT2D eigenvalue weighted by atomic mass is 9.43. The summed E-state index contributed by atoms with van der Waals surface area (Å²) in [7, 11) is 0. The summed E-state index contributed by atoms with van der Waals surface area (Å²) in [5, 5.41) is 42.9. The largest absolute Gasteiger partial charge is 0.458 e. The minimum Gasteiger partial charge on any atom is -0.458 e. The molecule has 4 aliphatic carbocycles. The molecule has 0 aromatic rings. The summed E-state index contributed by atoms with van der Waals surface area (Å²) < 4.78 is 17.0. The van der Waals surface area contributed by atoms with Crippen molar-refractivity contribution in [2.45, 2.75) is 114 Å². The van der Waals surface area contributed by atoms with Gasteiger partial charge in [0, 0.05) is 16.9 Å². The summed E-state index contributed by atoms with van der Waals surface area (Å²) in [6, 6.07) is 0. The number of esters is 1. The molecular weight excluding hydrogens is 492 g/mol. The molecule has 1 saturated heterocycles. The predicted octanol–water partition coefficient (Wildman–Crippen LogP) is 1.64. The maximum Gasteiger partial charge on any atom is 0.331 e. The van der Waals surface area contributed by atoms with Crippen LogP contribution in [0.2, 0.25) is 0 Å². The Hall–Kier alpha value is -1.36. The van der Waals surface area contributed by atoms with E-state index in [4.69, 9.17) is 14.2 Å². The quantitative estimate of drug-likeness (QED) is 0.240. The molecule has 38 heavy (non-hydrogen) atoms. The zero-order chi connectivity index (χ0) is 27.0. The fourth-order valence-corrected chi connectivity index (χ4v) is 9.73. The van der Waals surface area contributed by atoms with Crippen LogP contribution < -0.4 is 0 Å². The molecule has 2 heterocycles. The normalized spacial score (nSPS) is 54.4. The van der Waals surface area contributed by atoms with Crippen LogP contribution in [-0.2, 0) is 23.8 Å². The fraction of sp³-hybridized carbons (Fsp3) is 0.862. The van der Waals surface area contributed by atoms with Crippen molar-refractivity contribution in [3.63, 3.8) is 0 Å². The van der Waals surface area contributed by atoms with Gasteiger partial charge >= 0.3 is 5.97 Å². The Bertz CT molecular complexity index is 999. The number of fused-ring (bicyclic) bond motifs is 5. The van der Waals surface area contributed by atoms with Crippen LogP contribution in [0, 0.1) is 34.5 Å². The van der Waals surface area contributed by atoms with Crippen molar-refractivity contribution in [1.82, 2.24) is 0 Å². The number of ether oxygens (including phenoxy) is 3. The highest BCUT2D eigenvalue weighted by atomic mass is 16.7. The molecule has 1 unspecified atom stereocenters. The number of rotatable bonds is 4. The standard InChI is InChI=1S/C29H42O9/c1-15-23(32)24(33)25(34)26(37-15)38-18-5-9-28(14-30)17(12-18)3-4-21-20(28)6-8-27(2)19(7-10-29(21,27)35)16-11-22(31)36-13-16/h11,14-15,17-21,23-26,32-35H,3-10,12-13H2,1-2H3/t15-,17+,18+,19-,20?,21-,23-,24-,25-,26+,27-,28-,29+/m1/s1. The summed E-state index contributed by atoms with van der Waals surface area (Å²) in [5.74, 6) is 0.0678. The van der Waals surface area contributed by atoms with Gasteiger partial charge in [0.05, 0.1) is 17.8 Å². The molecule has 0 spiro atoms. The lowest BCUT2D eigenvalue weighted by Gasteiger charge is -2.63. The third-order valence-corrected chi connectivity index (χ3v) is 11.9. The second kappa shape index (κ2) is 9.35. The SMILES string of the molecule is C[C@H]1O[C@@H](O[C@H]2CC[C@]3(C=O)C4CC[C@]5(C)[C@@H](C6=CC(=O)OC6)CC[C@]5(O)[C@@H]4CC[C@H]3C2)[C@H](O)[C@H](O)[C@@H]1O. The van der Waals surface area contributed by atoms with E-state index < -0.39 is 41.7 Å². The molecule has 4 saturated carbocycles. The number of carbonyl (C=O) groups is 2. The molecule has 9 nitrogen and oxygen atoms in total. The van der Waals surface area contributed by atoms with Crippen LogP contribution in [0.4, 0.5) is 0 Å². The fourth-order valence-electron chi connectivity index (χ4n) is 9.73. The van der Waals surface area contributed by atoms with Crippen molar-refractivity contribution in [2.24, 2.45) is 34.5 Å². The Morgan fingerprint density at radius 3 is 2.50 bits per heavy atom. The van der Waals surface area contributed by atoms with Gasteiger partial charge in [-0.05, 0) is 94.0 Å². The summed E-state index contributed by atoms with van der Waals surface area (Å²) in [5.41, 5.74) is -0.739. The summed E-state index contributed by atoms with van der Waals surface area (Å²) >= 11 is 0. The molecule has 0 aromatic heterocycles. The van der Waals surface area contributed by atoms with Gasteiger partial charge in [-0.2, -0.15) is 0 Å². The van der Waals surface area contributed by atoms with Crippen LogP contribution in [0.3, 0.4) is 0 Å². The van der Waals surface area contributed by atoms with Crippen molar-refractivity contribution < 1.29 is 44.2 Å². The Morgan fingerprint density at radius 2 is 1.79 bits per heavy atom. The zero-order valence-electron chi connectivity index (χ0n) is 22.3. The average Bonchev–Trinajstić information content (AvgIpc) is 3.45. The monoisotopic (exact) mass is 534 g/mol. The van der Waals surface area contributed by atoms with Gasteiger partial charge in [-0.25, -0.2) is 4.79 Å². The highest BCUT2D eigenvalue weighted by molar-refractivity contribution is 5.85. The van der Waals surface area contributed by atoms with Gasteiger partial charge in [0.15, 0.2) is 6.29 Å². The first kappa shape index (κ1) is 26.8. The Morgan fingerprint density at radius 1 is 1.00 bits per heavy atom. The number of carbonyl (C=O) groups excluding carboxylic acids is 2. The smallest absolute Gasteiger partial charge is 0.331 e. The van der Waals surface area contributed by atoms with Crippen LogP contribution in [0.25, 0.3) is 0 Å².